The van der Waals surface area contributed by atoms with Crippen molar-refractivity contribution in [2.75, 3.05) is 13.1 Å². The highest BCUT2D eigenvalue weighted by atomic mass is 16.2. The van der Waals surface area contributed by atoms with E-state index in [2.05, 4.69) is 41.5 Å². The average molecular weight is 297 g/mol. The van der Waals surface area contributed by atoms with E-state index in [9.17, 15) is 4.79 Å². The topological polar surface area (TPSA) is 48.1 Å². The van der Waals surface area contributed by atoms with Gasteiger partial charge in [0.15, 0.2) is 0 Å². The van der Waals surface area contributed by atoms with Crippen LogP contribution in [0.4, 0.5) is 4.79 Å². The second-order valence-electron chi connectivity index (χ2n) is 6.80. The summed E-state index contributed by atoms with van der Waals surface area (Å²) < 4.78 is 0. The van der Waals surface area contributed by atoms with E-state index in [0.717, 1.165) is 38.8 Å². The van der Waals surface area contributed by atoms with E-state index in [4.69, 9.17) is 0 Å². The molecule has 0 atom stereocenters. The number of piperidine rings is 1. The third-order valence-corrected chi connectivity index (χ3v) is 4.92. The molecular weight excluding hydrogens is 274 g/mol. The Bertz CT molecular complexity index is 693. The maximum Gasteiger partial charge on any atom is 0.317 e. The first-order valence-corrected chi connectivity index (χ1v) is 8.34. The Morgan fingerprint density at radius 2 is 1.95 bits per heavy atom. The Kier molecular flexibility index (Phi) is 3.32. The highest BCUT2D eigenvalue weighted by Gasteiger charge is 2.29. The molecule has 4 rings (SSSR count). The predicted octanol–water partition coefficient (Wildman–Crippen LogP) is 3.53. The molecule has 2 aromatic rings. The molecule has 4 heteroatoms. The number of amides is 2. The molecular formula is C18H23N3O. The number of nitrogens with one attached hydrogen (secondary N) is 2. The van der Waals surface area contributed by atoms with Crippen LogP contribution in [0.15, 0.2) is 24.3 Å². The zero-order valence-electron chi connectivity index (χ0n) is 13.1. The summed E-state index contributed by atoms with van der Waals surface area (Å²) in [6, 6.07) is 9.40. The van der Waals surface area contributed by atoms with Gasteiger partial charge in [-0.1, -0.05) is 11.6 Å². The minimum Gasteiger partial charge on any atom is -0.358 e. The van der Waals surface area contributed by atoms with Gasteiger partial charge in [-0.2, -0.15) is 0 Å². The number of carbonyl (C=O) groups is 1. The van der Waals surface area contributed by atoms with Gasteiger partial charge >= 0.3 is 6.03 Å². The molecule has 2 fully saturated rings. The molecule has 2 aliphatic rings. The molecule has 1 saturated carbocycles. The number of rotatable bonds is 2. The van der Waals surface area contributed by atoms with Crippen LogP contribution in [-0.4, -0.2) is 35.0 Å². The van der Waals surface area contributed by atoms with Crippen molar-refractivity contribution >= 4 is 16.9 Å². The Labute approximate surface area is 130 Å². The number of benzene rings is 1. The van der Waals surface area contributed by atoms with Gasteiger partial charge in [0.25, 0.3) is 0 Å². The van der Waals surface area contributed by atoms with Crippen molar-refractivity contribution in [3.63, 3.8) is 0 Å². The molecule has 1 aliphatic heterocycles. The van der Waals surface area contributed by atoms with Crippen molar-refractivity contribution in [1.82, 2.24) is 15.2 Å². The summed E-state index contributed by atoms with van der Waals surface area (Å²) in [5.41, 5.74) is 3.84. The SMILES string of the molecule is Cc1ccc2[nH]c(C3CCN(C(=O)NC4CC4)CC3)cc2c1. The number of fused-ring (bicyclic) bond motifs is 1. The molecule has 0 unspecified atom stereocenters. The second-order valence-corrected chi connectivity index (χ2v) is 6.80. The lowest BCUT2D eigenvalue weighted by Crippen LogP contribution is -2.44. The van der Waals surface area contributed by atoms with E-state index in [0.29, 0.717) is 12.0 Å². The molecule has 2 N–H and O–H groups in total. The number of nitrogens with zero attached hydrogens (tertiary/aromatic N) is 1. The number of urea groups is 1. The van der Waals surface area contributed by atoms with Crippen molar-refractivity contribution in [3.05, 3.63) is 35.5 Å². The normalized spacial score (nSPS) is 19.6. The number of aromatic nitrogens is 1. The number of hydrogen-bond donors (Lipinski definition) is 2. The number of aromatic amines is 1. The van der Waals surface area contributed by atoms with Gasteiger partial charge in [-0.15, -0.1) is 0 Å². The van der Waals surface area contributed by atoms with Crippen LogP contribution in [0.5, 0.6) is 0 Å². The zero-order chi connectivity index (χ0) is 15.1. The number of H-pyrrole nitrogens is 1. The molecule has 1 aromatic carbocycles. The number of hydrogen-bond acceptors (Lipinski definition) is 1. The fourth-order valence-corrected chi connectivity index (χ4v) is 3.38. The summed E-state index contributed by atoms with van der Waals surface area (Å²) in [7, 11) is 0. The molecule has 2 amide bonds. The monoisotopic (exact) mass is 297 g/mol. The molecule has 2 heterocycles. The van der Waals surface area contributed by atoms with Gasteiger partial charge in [0, 0.05) is 36.3 Å². The highest BCUT2D eigenvalue weighted by Crippen LogP contribution is 2.30. The van der Waals surface area contributed by atoms with Crippen molar-refractivity contribution in [2.45, 2.75) is 44.6 Å². The summed E-state index contributed by atoms with van der Waals surface area (Å²) >= 11 is 0. The van der Waals surface area contributed by atoms with Gasteiger partial charge in [-0.05, 0) is 56.2 Å². The van der Waals surface area contributed by atoms with Crippen LogP contribution in [0, 0.1) is 6.92 Å². The smallest absolute Gasteiger partial charge is 0.317 e. The number of carbonyl (C=O) groups excluding carboxylic acids is 1. The maximum atomic E-state index is 12.1. The Morgan fingerprint density at radius 1 is 1.18 bits per heavy atom. The van der Waals surface area contributed by atoms with Crippen LogP contribution in [-0.2, 0) is 0 Å². The summed E-state index contributed by atoms with van der Waals surface area (Å²) in [5, 5.41) is 4.38. The van der Waals surface area contributed by atoms with Gasteiger partial charge in [0.1, 0.15) is 0 Å². The van der Waals surface area contributed by atoms with E-state index in [1.807, 2.05) is 4.90 Å². The van der Waals surface area contributed by atoms with E-state index < -0.39 is 0 Å². The van der Waals surface area contributed by atoms with Crippen LogP contribution in [0.3, 0.4) is 0 Å². The van der Waals surface area contributed by atoms with Crippen molar-refractivity contribution in [1.29, 1.82) is 0 Å². The van der Waals surface area contributed by atoms with Crippen LogP contribution in [0.25, 0.3) is 10.9 Å². The first kappa shape index (κ1) is 13.7. The average Bonchev–Trinajstić information content (AvgIpc) is 3.23. The zero-order valence-corrected chi connectivity index (χ0v) is 13.1. The first-order valence-electron chi connectivity index (χ1n) is 8.34. The quantitative estimate of drug-likeness (QED) is 0.875. The molecule has 0 radical (unpaired) electrons. The molecule has 22 heavy (non-hydrogen) atoms. The molecule has 1 aromatic heterocycles. The minimum absolute atomic E-state index is 0.133. The molecule has 1 saturated heterocycles. The molecule has 116 valence electrons. The third-order valence-electron chi connectivity index (χ3n) is 4.92. The van der Waals surface area contributed by atoms with Gasteiger partial charge < -0.3 is 15.2 Å². The van der Waals surface area contributed by atoms with Crippen LogP contribution in [0.1, 0.15) is 42.9 Å². The van der Waals surface area contributed by atoms with Gasteiger partial charge in [-0.3, -0.25) is 0 Å². The van der Waals surface area contributed by atoms with Gasteiger partial charge in [0.2, 0.25) is 0 Å². The maximum absolute atomic E-state index is 12.1. The standard InChI is InChI=1S/C18H23N3O/c1-12-2-5-16-14(10-12)11-17(20-16)13-6-8-21(9-7-13)18(22)19-15-3-4-15/h2,5,10-11,13,15,20H,3-4,6-9H2,1H3,(H,19,22). The Morgan fingerprint density at radius 3 is 2.68 bits per heavy atom. The highest BCUT2D eigenvalue weighted by molar-refractivity contribution is 5.81. The summed E-state index contributed by atoms with van der Waals surface area (Å²) in [4.78, 5) is 17.6. The molecule has 4 nitrogen and oxygen atoms in total. The van der Waals surface area contributed by atoms with Gasteiger partial charge in [0.05, 0.1) is 0 Å². The lowest BCUT2D eigenvalue weighted by molar-refractivity contribution is 0.180. The molecule has 0 spiro atoms. The summed E-state index contributed by atoms with van der Waals surface area (Å²) in [5.74, 6) is 0.540. The van der Waals surface area contributed by atoms with E-state index in [-0.39, 0.29) is 6.03 Å². The molecule has 0 bridgehead atoms. The number of likely N-dealkylation sites (tertiary alicyclic amines) is 1. The van der Waals surface area contributed by atoms with E-state index in [1.165, 1.54) is 22.2 Å². The number of aryl methyl sites for hydroxylation is 1. The van der Waals surface area contributed by atoms with Crippen molar-refractivity contribution in [3.8, 4) is 0 Å². The fraction of sp³-hybridized carbons (Fsp3) is 0.500. The predicted molar refractivity (Wildman–Crippen MR) is 88.1 cm³/mol. The second kappa shape index (κ2) is 5.34. The third kappa shape index (κ3) is 2.70. The van der Waals surface area contributed by atoms with Crippen LogP contribution < -0.4 is 5.32 Å². The van der Waals surface area contributed by atoms with Gasteiger partial charge in [-0.25, -0.2) is 4.79 Å². The van der Waals surface area contributed by atoms with Crippen LogP contribution in [0.2, 0.25) is 0 Å². The summed E-state index contributed by atoms with van der Waals surface area (Å²) in [6.07, 6.45) is 4.39. The Hall–Kier alpha value is -1.97. The molecule has 1 aliphatic carbocycles. The van der Waals surface area contributed by atoms with E-state index in [1.54, 1.807) is 0 Å². The van der Waals surface area contributed by atoms with E-state index >= 15 is 0 Å². The first-order chi connectivity index (χ1) is 10.7. The summed E-state index contributed by atoms with van der Waals surface area (Å²) in [6.45, 7) is 3.85. The van der Waals surface area contributed by atoms with Crippen molar-refractivity contribution in [2.24, 2.45) is 0 Å². The van der Waals surface area contributed by atoms with Crippen molar-refractivity contribution < 1.29 is 4.79 Å². The largest absolute Gasteiger partial charge is 0.358 e. The minimum atomic E-state index is 0.133. The fourth-order valence-electron chi connectivity index (χ4n) is 3.38. The lowest BCUT2D eigenvalue weighted by Gasteiger charge is -2.31. The van der Waals surface area contributed by atoms with Crippen LogP contribution >= 0.6 is 0 Å². The Balaban J connectivity index is 1.42. The lowest BCUT2D eigenvalue weighted by atomic mass is 9.93.